The molecule has 1 saturated heterocycles. The minimum Gasteiger partial charge on any atom is -0.485 e. The Morgan fingerprint density at radius 2 is 0.565 bits per heavy atom. The standard InChI is InChI=1S/C90H76O18/c91-50-76-79(92)85-86(90(105-76)108-87(93)69-46-72(96-51-60-28-10-1-11-29-60)80(100-55-64-36-18-5-19-37-64)73(47-69)97-52-61-30-12-2-13-31-61)107-89(95)71-49-75(99-54-63-34-16-4-17-35-63)82(102-57-66-40-22-7-23-41-66)84(104-59-68-44-26-9-27-45-68)78(71)77-70(88(94)106-85)48-74(98-53-62-32-14-3-15-33-62)81(101-56-65-38-20-6-21-39-65)83(77)103-58-67-42-24-8-25-43-67/h1-49,76,79,85-86,90-92H,50-59H2/t76-,79-,85+,86-,90+/m1/s1. The van der Waals surface area contributed by atoms with Crippen LogP contribution in [0.15, 0.2) is 297 Å². The van der Waals surface area contributed by atoms with E-state index in [-0.39, 0.29) is 139 Å². The Bertz CT molecular complexity index is 4880. The summed E-state index contributed by atoms with van der Waals surface area (Å²) in [6.07, 6.45) is -9.74. The van der Waals surface area contributed by atoms with Gasteiger partial charge in [-0.05, 0) is 74.3 Å². The van der Waals surface area contributed by atoms with Gasteiger partial charge in [-0.25, -0.2) is 14.4 Å². The molecule has 0 radical (unpaired) electrons. The molecule has 0 aromatic heterocycles. The quantitative estimate of drug-likeness (QED) is 0.0316. The lowest BCUT2D eigenvalue weighted by molar-refractivity contribution is -0.283. The summed E-state index contributed by atoms with van der Waals surface area (Å²) >= 11 is 0. The van der Waals surface area contributed by atoms with Gasteiger partial charge in [0.2, 0.25) is 29.6 Å². The molecule has 18 nitrogen and oxygen atoms in total. The molecule has 1 fully saturated rings. The molecule has 0 aliphatic carbocycles. The van der Waals surface area contributed by atoms with Crippen molar-refractivity contribution in [3.8, 4) is 62.9 Å². The molecular formula is C90H76O18. The molecule has 108 heavy (non-hydrogen) atoms. The molecule has 0 spiro atoms. The van der Waals surface area contributed by atoms with Crippen LogP contribution in [0.25, 0.3) is 11.1 Å². The van der Waals surface area contributed by atoms with Gasteiger partial charge < -0.3 is 71.8 Å². The smallest absolute Gasteiger partial charge is 0.340 e. The highest BCUT2D eigenvalue weighted by Crippen LogP contribution is 2.57. The van der Waals surface area contributed by atoms with Crippen LogP contribution < -0.4 is 42.6 Å². The molecule has 0 saturated carbocycles. The van der Waals surface area contributed by atoms with E-state index in [0.717, 1.165) is 38.9 Å². The van der Waals surface area contributed by atoms with Crippen molar-refractivity contribution in [2.24, 2.45) is 0 Å². The van der Waals surface area contributed by atoms with Gasteiger partial charge in [-0.15, -0.1) is 0 Å². The zero-order valence-corrected chi connectivity index (χ0v) is 58.7. The third kappa shape index (κ3) is 17.9. The summed E-state index contributed by atoms with van der Waals surface area (Å²) in [7, 11) is 0. The Kier molecular flexibility index (Phi) is 23.5. The Labute approximate surface area is 624 Å². The lowest BCUT2D eigenvalue weighted by Gasteiger charge is -2.42. The van der Waals surface area contributed by atoms with E-state index in [2.05, 4.69) is 0 Å². The van der Waals surface area contributed by atoms with Gasteiger partial charge in [-0.2, -0.15) is 0 Å². The van der Waals surface area contributed by atoms with Crippen LogP contribution in [0.2, 0.25) is 0 Å². The first-order valence-corrected chi connectivity index (χ1v) is 35.3. The largest absolute Gasteiger partial charge is 0.485 e. The topological polar surface area (TPSA) is 212 Å². The Balaban J connectivity index is 0.967. The van der Waals surface area contributed by atoms with E-state index in [0.29, 0.717) is 11.1 Å². The van der Waals surface area contributed by atoms with Gasteiger partial charge in [-0.1, -0.05) is 273 Å². The molecule has 12 aromatic rings. The van der Waals surface area contributed by atoms with E-state index in [9.17, 15) is 10.2 Å². The molecule has 2 aliphatic rings. The molecular weight excluding hydrogens is 1370 g/mol. The first kappa shape index (κ1) is 72.1. The number of aliphatic hydroxyl groups excluding tert-OH is 2. The summed E-state index contributed by atoms with van der Waals surface area (Å²) < 4.78 is 87.7. The maximum Gasteiger partial charge on any atom is 0.340 e. The van der Waals surface area contributed by atoms with Crippen LogP contribution in [0, 0.1) is 0 Å². The van der Waals surface area contributed by atoms with E-state index in [1.165, 1.54) is 24.3 Å². The third-order valence-electron chi connectivity index (χ3n) is 17.9. The number of aliphatic hydroxyl groups is 2. The number of rotatable bonds is 30. The fourth-order valence-corrected chi connectivity index (χ4v) is 12.4. The molecule has 12 aromatic carbocycles. The lowest BCUT2D eigenvalue weighted by Crippen LogP contribution is -2.62. The zero-order chi connectivity index (χ0) is 73.8. The van der Waals surface area contributed by atoms with Crippen molar-refractivity contribution in [2.45, 2.75) is 90.2 Å². The summed E-state index contributed by atoms with van der Waals surface area (Å²) in [4.78, 5) is 48.7. The number of hydrogen-bond acceptors (Lipinski definition) is 18. The number of esters is 3. The molecule has 2 aliphatic heterocycles. The molecule has 5 atom stereocenters. The van der Waals surface area contributed by atoms with Crippen molar-refractivity contribution in [3.05, 3.63) is 364 Å². The van der Waals surface area contributed by atoms with Crippen LogP contribution in [0.3, 0.4) is 0 Å². The number of carbonyl (C=O) groups excluding carboxylic acids is 3. The van der Waals surface area contributed by atoms with E-state index in [4.69, 9.17) is 61.6 Å². The van der Waals surface area contributed by atoms with E-state index in [1.54, 1.807) is 0 Å². The molecule has 0 unspecified atom stereocenters. The molecule has 0 bridgehead atoms. The van der Waals surface area contributed by atoms with Crippen LogP contribution in [0.1, 0.15) is 81.1 Å². The summed E-state index contributed by atoms with van der Waals surface area (Å²) in [5.74, 6) is -3.41. The molecule has 2 N–H and O–H groups in total. The van der Waals surface area contributed by atoms with Gasteiger partial charge in [0, 0.05) is 11.1 Å². The van der Waals surface area contributed by atoms with Crippen LogP contribution in [-0.4, -0.2) is 65.4 Å². The second-order valence-corrected chi connectivity index (χ2v) is 25.5. The van der Waals surface area contributed by atoms with Gasteiger partial charge in [0.1, 0.15) is 71.7 Å². The van der Waals surface area contributed by atoms with Crippen molar-refractivity contribution >= 4 is 17.9 Å². The summed E-state index contributed by atoms with van der Waals surface area (Å²) in [6.45, 7) is -1.36. The molecule has 18 heteroatoms. The molecule has 14 rings (SSSR count). The predicted octanol–water partition coefficient (Wildman–Crippen LogP) is 16.6. The number of fused-ring (bicyclic) bond motifs is 4. The minimum absolute atomic E-state index is 0.00635. The molecule has 0 amide bonds. The maximum absolute atomic E-state index is 16.7. The first-order valence-electron chi connectivity index (χ1n) is 35.3. The average molecular weight is 1450 g/mol. The Morgan fingerprint density at radius 1 is 0.315 bits per heavy atom. The van der Waals surface area contributed by atoms with Crippen LogP contribution in [0.4, 0.5) is 0 Å². The second kappa shape index (κ2) is 35.3. The highest BCUT2D eigenvalue weighted by Gasteiger charge is 2.53. The first-order chi connectivity index (χ1) is 53.2. The van der Waals surface area contributed by atoms with Crippen LogP contribution >= 0.6 is 0 Å². The van der Waals surface area contributed by atoms with E-state index < -0.39 is 55.2 Å². The third-order valence-corrected chi connectivity index (χ3v) is 17.9. The Morgan fingerprint density at radius 3 is 0.852 bits per heavy atom. The van der Waals surface area contributed by atoms with Gasteiger partial charge >= 0.3 is 17.9 Å². The van der Waals surface area contributed by atoms with Crippen LogP contribution in [0.5, 0.6) is 51.7 Å². The summed E-state index contributed by atoms with van der Waals surface area (Å²) in [6, 6.07) is 90.0. The summed E-state index contributed by atoms with van der Waals surface area (Å²) in [5.41, 5.74) is 5.71. The molecule has 544 valence electrons. The second-order valence-electron chi connectivity index (χ2n) is 25.5. The van der Waals surface area contributed by atoms with E-state index >= 15 is 14.4 Å². The summed E-state index contributed by atoms with van der Waals surface area (Å²) in [5, 5.41) is 23.8. The maximum atomic E-state index is 16.7. The number of hydrogen-bond donors (Lipinski definition) is 2. The number of carbonyl (C=O) groups is 3. The highest BCUT2D eigenvalue weighted by molar-refractivity contribution is 6.09. The van der Waals surface area contributed by atoms with Gasteiger partial charge in [0.25, 0.3) is 0 Å². The SMILES string of the molecule is O=C(O[C@@H]1O[C@H](CO)[C@@H](O)[C@@H]2OC(=O)c3cc(OCc4ccccc4)c(OCc4ccccc4)c(OCc4ccccc4)c3-c3c(cc(OCc4ccccc4)c(OCc4ccccc4)c3OCc3ccccc3)C(=O)O[C@@H]12)c1cc(OCc2ccccc2)c(OCc2ccccc2)c(OCc2ccccc2)c1. The number of benzene rings is 12. The molecule has 2 heterocycles. The normalized spacial score (nSPS) is 15.8. The Hall–Kier alpha value is -12.9. The predicted molar refractivity (Wildman–Crippen MR) is 401 cm³/mol. The van der Waals surface area contributed by atoms with Crippen molar-refractivity contribution in [3.63, 3.8) is 0 Å². The fraction of sp³-hybridized carbons (Fsp3) is 0.167. The zero-order valence-electron chi connectivity index (χ0n) is 58.7. The monoisotopic (exact) mass is 1440 g/mol. The number of ether oxygens (including phenoxy) is 13. The van der Waals surface area contributed by atoms with Gasteiger partial charge in [-0.3, -0.25) is 0 Å². The van der Waals surface area contributed by atoms with Crippen molar-refractivity contribution < 1.29 is 86.2 Å². The highest BCUT2D eigenvalue weighted by atomic mass is 16.7. The lowest BCUT2D eigenvalue weighted by atomic mass is 9.90. The van der Waals surface area contributed by atoms with E-state index in [1.807, 2.05) is 273 Å². The van der Waals surface area contributed by atoms with Gasteiger partial charge in [0.15, 0.2) is 40.6 Å². The average Bonchev–Trinajstić information content (AvgIpc) is 0.729. The van der Waals surface area contributed by atoms with Crippen molar-refractivity contribution in [1.29, 1.82) is 0 Å². The minimum atomic E-state index is -2.07. The fourth-order valence-electron chi connectivity index (χ4n) is 12.4. The van der Waals surface area contributed by atoms with Gasteiger partial charge in [0.05, 0.1) is 23.3 Å². The van der Waals surface area contributed by atoms with Crippen molar-refractivity contribution in [2.75, 3.05) is 6.61 Å². The van der Waals surface area contributed by atoms with Crippen molar-refractivity contribution in [1.82, 2.24) is 0 Å². The van der Waals surface area contributed by atoms with Crippen LogP contribution in [-0.2, 0) is 78.4 Å².